The summed E-state index contributed by atoms with van der Waals surface area (Å²) in [4.78, 5) is 22.4. The van der Waals surface area contributed by atoms with E-state index in [2.05, 4.69) is 4.74 Å². The van der Waals surface area contributed by atoms with Crippen molar-refractivity contribution in [3.05, 3.63) is 0 Å². The lowest BCUT2D eigenvalue weighted by atomic mass is 9.93. The van der Waals surface area contributed by atoms with Crippen molar-refractivity contribution in [2.24, 2.45) is 11.8 Å². The maximum absolute atomic E-state index is 11.3. The Kier molecular flexibility index (Phi) is 6.75. The Bertz CT molecular complexity index is 213. The lowest BCUT2D eigenvalue weighted by Gasteiger charge is -2.16. The van der Waals surface area contributed by atoms with Crippen LogP contribution in [0.25, 0.3) is 0 Å². The number of rotatable bonds is 6. The molecule has 0 radical (unpaired) electrons. The van der Waals surface area contributed by atoms with E-state index >= 15 is 0 Å². The van der Waals surface area contributed by atoms with Gasteiger partial charge in [0.15, 0.2) is 0 Å². The summed E-state index contributed by atoms with van der Waals surface area (Å²) in [6.07, 6.45) is 1.07. The molecule has 4 heteroatoms. The molecule has 0 aromatic heterocycles. The van der Waals surface area contributed by atoms with Gasteiger partial charge in [-0.1, -0.05) is 20.8 Å². The van der Waals surface area contributed by atoms with Gasteiger partial charge in [0.2, 0.25) is 0 Å². The summed E-state index contributed by atoms with van der Waals surface area (Å²) in [5.74, 6) is -0.864. The van der Waals surface area contributed by atoms with Crippen molar-refractivity contribution in [2.75, 3.05) is 13.7 Å². The van der Waals surface area contributed by atoms with Gasteiger partial charge in [-0.15, -0.1) is 0 Å². The second kappa shape index (κ2) is 7.26. The number of carbonyl (C=O) groups excluding carboxylic acids is 2. The van der Waals surface area contributed by atoms with Crippen molar-refractivity contribution in [1.82, 2.24) is 0 Å². The van der Waals surface area contributed by atoms with E-state index in [0.29, 0.717) is 6.61 Å². The minimum atomic E-state index is -0.286. The molecule has 0 aromatic rings. The number of carbonyl (C=O) groups is 2. The first-order chi connectivity index (χ1) is 7.02. The first-order valence-electron chi connectivity index (χ1n) is 5.26. The molecule has 0 bridgehead atoms. The summed E-state index contributed by atoms with van der Waals surface area (Å²) in [5, 5.41) is 0. The van der Waals surface area contributed by atoms with Crippen molar-refractivity contribution in [1.29, 1.82) is 0 Å². The Labute approximate surface area is 90.9 Å². The summed E-state index contributed by atoms with van der Waals surface area (Å²) < 4.78 is 9.54. The SMILES string of the molecule is CCCOC(=O)C[C@@H](C)C(C)C(=O)OC. The number of esters is 2. The van der Waals surface area contributed by atoms with Crippen LogP contribution in [0.15, 0.2) is 0 Å². The summed E-state index contributed by atoms with van der Waals surface area (Å²) in [6.45, 7) is 5.98. The minimum Gasteiger partial charge on any atom is -0.469 e. The summed E-state index contributed by atoms with van der Waals surface area (Å²) in [7, 11) is 1.35. The number of hydrogen-bond acceptors (Lipinski definition) is 4. The van der Waals surface area contributed by atoms with Gasteiger partial charge in [-0.05, 0) is 12.3 Å². The highest BCUT2D eigenvalue weighted by Gasteiger charge is 2.23. The van der Waals surface area contributed by atoms with Gasteiger partial charge in [-0.3, -0.25) is 9.59 Å². The molecule has 0 aromatic carbocycles. The van der Waals surface area contributed by atoms with Crippen LogP contribution in [0.2, 0.25) is 0 Å². The first kappa shape index (κ1) is 13.9. The Morgan fingerprint density at radius 3 is 2.33 bits per heavy atom. The van der Waals surface area contributed by atoms with Gasteiger partial charge in [0.05, 0.1) is 19.6 Å². The highest BCUT2D eigenvalue weighted by molar-refractivity contribution is 5.74. The van der Waals surface area contributed by atoms with Gasteiger partial charge in [0.25, 0.3) is 0 Å². The highest BCUT2D eigenvalue weighted by atomic mass is 16.5. The van der Waals surface area contributed by atoms with E-state index in [4.69, 9.17) is 4.74 Å². The van der Waals surface area contributed by atoms with E-state index in [1.165, 1.54) is 7.11 Å². The first-order valence-corrected chi connectivity index (χ1v) is 5.26. The van der Waals surface area contributed by atoms with Gasteiger partial charge in [-0.25, -0.2) is 0 Å². The van der Waals surface area contributed by atoms with E-state index in [9.17, 15) is 9.59 Å². The molecule has 4 nitrogen and oxygen atoms in total. The molecular weight excluding hydrogens is 196 g/mol. The van der Waals surface area contributed by atoms with E-state index in [1.54, 1.807) is 6.92 Å². The third-order valence-electron chi connectivity index (χ3n) is 2.38. The maximum atomic E-state index is 11.3. The van der Waals surface area contributed by atoms with Crippen LogP contribution in [0.3, 0.4) is 0 Å². The average molecular weight is 216 g/mol. The Morgan fingerprint density at radius 1 is 1.27 bits per heavy atom. The quantitative estimate of drug-likeness (QED) is 0.635. The monoisotopic (exact) mass is 216 g/mol. The molecule has 0 aliphatic heterocycles. The molecule has 0 heterocycles. The molecule has 0 aliphatic rings. The summed E-state index contributed by atoms with van der Waals surface area (Å²) in [5.41, 5.74) is 0. The molecule has 88 valence electrons. The normalized spacial score (nSPS) is 14.1. The zero-order valence-electron chi connectivity index (χ0n) is 9.91. The van der Waals surface area contributed by atoms with Gasteiger partial charge in [0.1, 0.15) is 0 Å². The van der Waals surface area contributed by atoms with Crippen LogP contribution in [-0.2, 0) is 19.1 Å². The van der Waals surface area contributed by atoms with Crippen LogP contribution in [-0.4, -0.2) is 25.7 Å². The Hall–Kier alpha value is -1.06. The number of ether oxygens (including phenoxy) is 2. The highest BCUT2D eigenvalue weighted by Crippen LogP contribution is 2.16. The zero-order valence-corrected chi connectivity index (χ0v) is 9.91. The molecule has 0 saturated carbocycles. The number of hydrogen-bond donors (Lipinski definition) is 0. The van der Waals surface area contributed by atoms with E-state index in [0.717, 1.165) is 6.42 Å². The van der Waals surface area contributed by atoms with Crippen LogP contribution in [0.4, 0.5) is 0 Å². The second-order valence-corrected chi connectivity index (χ2v) is 3.71. The van der Waals surface area contributed by atoms with Gasteiger partial charge in [-0.2, -0.15) is 0 Å². The Morgan fingerprint density at radius 2 is 1.87 bits per heavy atom. The molecule has 0 rings (SSSR count). The molecule has 0 aliphatic carbocycles. The van der Waals surface area contributed by atoms with E-state index in [-0.39, 0.29) is 30.2 Å². The van der Waals surface area contributed by atoms with Crippen molar-refractivity contribution in [2.45, 2.75) is 33.6 Å². The van der Waals surface area contributed by atoms with Crippen LogP contribution < -0.4 is 0 Å². The van der Waals surface area contributed by atoms with Crippen LogP contribution in [0.5, 0.6) is 0 Å². The van der Waals surface area contributed by atoms with Crippen molar-refractivity contribution < 1.29 is 19.1 Å². The van der Waals surface area contributed by atoms with Crippen molar-refractivity contribution in [3.8, 4) is 0 Å². The average Bonchev–Trinajstić information content (AvgIpc) is 2.23. The molecule has 1 unspecified atom stereocenters. The second-order valence-electron chi connectivity index (χ2n) is 3.71. The topological polar surface area (TPSA) is 52.6 Å². The fraction of sp³-hybridized carbons (Fsp3) is 0.818. The van der Waals surface area contributed by atoms with Crippen LogP contribution in [0.1, 0.15) is 33.6 Å². The third kappa shape index (κ3) is 5.40. The van der Waals surface area contributed by atoms with Crippen molar-refractivity contribution in [3.63, 3.8) is 0 Å². The van der Waals surface area contributed by atoms with Gasteiger partial charge >= 0.3 is 11.9 Å². The standard InChI is InChI=1S/C11H20O4/c1-5-6-15-10(12)7-8(2)9(3)11(13)14-4/h8-9H,5-7H2,1-4H3/t8-,9?/m1/s1. The lowest BCUT2D eigenvalue weighted by Crippen LogP contribution is -2.23. The fourth-order valence-corrected chi connectivity index (χ4v) is 1.13. The predicted octanol–water partition coefficient (Wildman–Crippen LogP) is 1.77. The predicted molar refractivity (Wildman–Crippen MR) is 56.2 cm³/mol. The van der Waals surface area contributed by atoms with Crippen LogP contribution >= 0.6 is 0 Å². The summed E-state index contributed by atoms with van der Waals surface area (Å²) >= 11 is 0. The van der Waals surface area contributed by atoms with Gasteiger partial charge < -0.3 is 9.47 Å². The smallest absolute Gasteiger partial charge is 0.308 e. The molecule has 0 spiro atoms. The molecule has 15 heavy (non-hydrogen) atoms. The molecule has 2 atom stereocenters. The van der Waals surface area contributed by atoms with Crippen molar-refractivity contribution >= 4 is 11.9 Å². The fourth-order valence-electron chi connectivity index (χ4n) is 1.13. The molecule has 0 saturated heterocycles. The van der Waals surface area contributed by atoms with Crippen LogP contribution in [0, 0.1) is 11.8 Å². The van der Waals surface area contributed by atoms with E-state index in [1.807, 2.05) is 13.8 Å². The number of methoxy groups -OCH3 is 1. The molecule has 0 fully saturated rings. The molecule has 0 amide bonds. The maximum Gasteiger partial charge on any atom is 0.308 e. The molecule has 0 N–H and O–H groups in total. The van der Waals surface area contributed by atoms with Gasteiger partial charge in [0, 0.05) is 6.42 Å². The Balaban J connectivity index is 3.95. The minimum absolute atomic E-state index is 0.0539. The molecular formula is C11H20O4. The third-order valence-corrected chi connectivity index (χ3v) is 2.38. The lowest BCUT2D eigenvalue weighted by molar-refractivity contribution is -0.149. The summed E-state index contributed by atoms with van der Waals surface area (Å²) in [6, 6.07) is 0. The van der Waals surface area contributed by atoms with E-state index < -0.39 is 0 Å². The zero-order chi connectivity index (χ0) is 11.8. The largest absolute Gasteiger partial charge is 0.469 e.